The second kappa shape index (κ2) is 9.77. The highest BCUT2D eigenvalue weighted by atomic mass is 35.5. The van der Waals surface area contributed by atoms with Gasteiger partial charge in [0.25, 0.3) is 0 Å². The van der Waals surface area contributed by atoms with Gasteiger partial charge in [0.15, 0.2) is 5.78 Å². The molecule has 0 atom stereocenters. The summed E-state index contributed by atoms with van der Waals surface area (Å²) in [5.74, 6) is 0.728. The van der Waals surface area contributed by atoms with Crippen molar-refractivity contribution in [2.45, 2.75) is 33.1 Å². The van der Waals surface area contributed by atoms with Gasteiger partial charge in [-0.2, -0.15) is 5.10 Å². The Labute approximate surface area is 198 Å². The zero-order chi connectivity index (χ0) is 23.5. The van der Waals surface area contributed by atoms with Crippen LogP contribution in [0.2, 0.25) is 5.02 Å². The second-order valence-electron chi connectivity index (χ2n) is 7.99. The molecule has 0 fully saturated rings. The zero-order valence-electron chi connectivity index (χ0n) is 19.1. The van der Waals surface area contributed by atoms with Crippen molar-refractivity contribution in [2.75, 3.05) is 13.2 Å². The van der Waals surface area contributed by atoms with E-state index in [2.05, 4.69) is 14.5 Å². The summed E-state index contributed by atoms with van der Waals surface area (Å²) < 4.78 is 10.0. The number of imidazole rings is 1. The summed E-state index contributed by atoms with van der Waals surface area (Å²) in [6, 6.07) is 9.64. The lowest BCUT2D eigenvalue weighted by molar-refractivity contribution is 0.0981. The van der Waals surface area contributed by atoms with Crippen LogP contribution >= 0.6 is 11.6 Å². The van der Waals surface area contributed by atoms with Crippen LogP contribution in [-0.4, -0.2) is 38.1 Å². The predicted octanol–water partition coefficient (Wildman–Crippen LogP) is 4.41. The van der Waals surface area contributed by atoms with Crippen molar-refractivity contribution in [1.29, 1.82) is 0 Å². The normalized spacial score (nSPS) is 11.3. The highest BCUT2D eigenvalue weighted by Gasteiger charge is 2.18. The molecule has 0 saturated carbocycles. The number of carbonyl (C=O) groups is 1. The third-order valence-electron chi connectivity index (χ3n) is 5.89. The van der Waals surface area contributed by atoms with Crippen LogP contribution in [0.25, 0.3) is 16.8 Å². The molecule has 0 spiro atoms. The molecule has 0 radical (unpaired) electrons. The number of halogens is 1. The van der Waals surface area contributed by atoms with Crippen LogP contribution in [0.3, 0.4) is 0 Å². The molecule has 0 bridgehead atoms. The molecule has 0 aliphatic heterocycles. The number of ether oxygens (including phenoxy) is 1. The van der Waals surface area contributed by atoms with Crippen LogP contribution < -0.4 is 10.5 Å². The van der Waals surface area contributed by atoms with Crippen molar-refractivity contribution in [3.05, 3.63) is 70.4 Å². The highest BCUT2D eigenvalue weighted by molar-refractivity contribution is 6.30. The van der Waals surface area contributed by atoms with Gasteiger partial charge in [-0.15, -0.1) is 0 Å². The lowest BCUT2D eigenvalue weighted by Gasteiger charge is -2.13. The Morgan fingerprint density at radius 3 is 2.79 bits per heavy atom. The topological polar surface area (TPSA) is 87.4 Å². The molecule has 4 rings (SSSR count). The Bertz CT molecular complexity index is 1310. The van der Waals surface area contributed by atoms with Crippen molar-refractivity contribution in [3.8, 4) is 16.9 Å². The minimum atomic E-state index is 0.0408. The molecule has 172 valence electrons. The number of nitrogens with zero attached hydrogens (tertiary/aromatic N) is 4. The summed E-state index contributed by atoms with van der Waals surface area (Å²) in [5, 5.41) is 5.00. The minimum Gasteiger partial charge on any atom is -0.493 e. The molecule has 0 unspecified atom stereocenters. The number of hydrogen-bond acceptors (Lipinski definition) is 5. The summed E-state index contributed by atoms with van der Waals surface area (Å²) >= 11 is 6.29. The number of aryl methyl sites for hydroxylation is 1. The molecule has 3 heterocycles. The molecular formula is C25H28ClN5O2. The molecule has 0 saturated heterocycles. The van der Waals surface area contributed by atoms with Crippen LogP contribution in [0.15, 0.2) is 42.7 Å². The quantitative estimate of drug-likeness (QED) is 0.370. The van der Waals surface area contributed by atoms with E-state index in [0.717, 1.165) is 40.1 Å². The van der Waals surface area contributed by atoms with E-state index >= 15 is 0 Å². The van der Waals surface area contributed by atoms with Gasteiger partial charge in [-0.05, 0) is 43.8 Å². The molecular weight excluding hydrogens is 438 g/mol. The number of rotatable bonds is 9. The average Bonchev–Trinajstić information content (AvgIpc) is 3.34. The smallest absolute Gasteiger partial charge is 0.183 e. The van der Waals surface area contributed by atoms with Crippen molar-refractivity contribution >= 4 is 23.0 Å². The standard InChI is InChI=1S/C25H28ClN5O2/c1-4-22(32)25-20(16(2)30(3)29-25)10-12-33-23-13-18(26)6-7-21(23)17-5-8-24-28-14-19(9-11-27)31(24)15-17/h5-8,13-15H,4,9-12,27H2,1-3H3. The van der Waals surface area contributed by atoms with Gasteiger partial charge in [0.2, 0.25) is 0 Å². The van der Waals surface area contributed by atoms with E-state index in [0.29, 0.717) is 42.5 Å². The fourth-order valence-electron chi connectivity index (χ4n) is 3.98. The van der Waals surface area contributed by atoms with E-state index in [1.54, 1.807) is 4.68 Å². The molecule has 0 aliphatic rings. The van der Waals surface area contributed by atoms with E-state index < -0.39 is 0 Å². The maximum Gasteiger partial charge on any atom is 0.183 e. The summed E-state index contributed by atoms with van der Waals surface area (Å²) in [7, 11) is 1.85. The molecule has 7 nitrogen and oxygen atoms in total. The number of aromatic nitrogens is 4. The van der Waals surface area contributed by atoms with Crippen molar-refractivity contribution < 1.29 is 9.53 Å². The minimum absolute atomic E-state index is 0.0408. The van der Waals surface area contributed by atoms with Gasteiger partial charge in [-0.25, -0.2) is 4.98 Å². The maximum atomic E-state index is 12.3. The number of benzene rings is 1. The van der Waals surface area contributed by atoms with Gasteiger partial charge in [0.05, 0.1) is 6.61 Å². The fraction of sp³-hybridized carbons (Fsp3) is 0.320. The Morgan fingerprint density at radius 2 is 2.03 bits per heavy atom. The third-order valence-corrected chi connectivity index (χ3v) is 6.13. The van der Waals surface area contributed by atoms with Gasteiger partial charge in [0.1, 0.15) is 17.1 Å². The molecule has 1 aromatic carbocycles. The van der Waals surface area contributed by atoms with Gasteiger partial charge in [-0.1, -0.05) is 18.5 Å². The number of ketones is 1. The van der Waals surface area contributed by atoms with E-state index in [9.17, 15) is 4.79 Å². The lowest BCUT2D eigenvalue weighted by Crippen LogP contribution is -2.08. The molecule has 3 aromatic heterocycles. The van der Waals surface area contributed by atoms with E-state index in [-0.39, 0.29) is 5.78 Å². The molecule has 4 aromatic rings. The Kier molecular flexibility index (Phi) is 6.81. The summed E-state index contributed by atoms with van der Waals surface area (Å²) in [6.07, 6.45) is 5.65. The number of Topliss-reactive ketones (excluding diaryl/α,β-unsaturated/α-hetero) is 1. The zero-order valence-corrected chi connectivity index (χ0v) is 19.9. The monoisotopic (exact) mass is 465 g/mol. The van der Waals surface area contributed by atoms with E-state index in [1.807, 2.05) is 63.6 Å². The Balaban J connectivity index is 1.61. The Morgan fingerprint density at radius 1 is 1.21 bits per heavy atom. The highest BCUT2D eigenvalue weighted by Crippen LogP contribution is 2.33. The van der Waals surface area contributed by atoms with Gasteiger partial charge in [0, 0.05) is 71.8 Å². The number of nitrogens with two attached hydrogens (primary N) is 1. The van der Waals surface area contributed by atoms with Crippen molar-refractivity contribution in [2.24, 2.45) is 12.8 Å². The summed E-state index contributed by atoms with van der Waals surface area (Å²) in [5.41, 5.74) is 12.0. The first kappa shape index (κ1) is 23.0. The van der Waals surface area contributed by atoms with E-state index in [1.165, 1.54) is 0 Å². The number of hydrogen-bond donors (Lipinski definition) is 1. The van der Waals surface area contributed by atoms with Crippen LogP contribution in [0.5, 0.6) is 5.75 Å². The first-order chi connectivity index (χ1) is 15.9. The number of carbonyl (C=O) groups excluding carboxylic acids is 1. The van der Waals surface area contributed by atoms with Gasteiger partial charge < -0.3 is 14.9 Å². The maximum absolute atomic E-state index is 12.3. The van der Waals surface area contributed by atoms with Crippen molar-refractivity contribution in [1.82, 2.24) is 19.2 Å². The molecule has 33 heavy (non-hydrogen) atoms. The number of pyridine rings is 1. The molecule has 2 N–H and O–H groups in total. The summed E-state index contributed by atoms with van der Waals surface area (Å²) in [6.45, 7) is 4.78. The molecule has 8 heteroatoms. The Hall–Kier alpha value is -3.16. The van der Waals surface area contributed by atoms with Gasteiger partial charge in [-0.3, -0.25) is 9.48 Å². The van der Waals surface area contributed by atoms with E-state index in [4.69, 9.17) is 22.1 Å². The fourth-order valence-corrected chi connectivity index (χ4v) is 4.15. The second-order valence-corrected chi connectivity index (χ2v) is 8.42. The van der Waals surface area contributed by atoms with Crippen molar-refractivity contribution in [3.63, 3.8) is 0 Å². The first-order valence-corrected chi connectivity index (χ1v) is 11.4. The molecule has 0 amide bonds. The van der Waals surface area contributed by atoms with Crippen LogP contribution in [0.1, 0.15) is 40.8 Å². The predicted molar refractivity (Wildman–Crippen MR) is 130 cm³/mol. The van der Waals surface area contributed by atoms with Gasteiger partial charge >= 0.3 is 0 Å². The number of fused-ring (bicyclic) bond motifs is 1. The van der Waals surface area contributed by atoms with Crippen LogP contribution in [-0.2, 0) is 19.9 Å². The largest absolute Gasteiger partial charge is 0.493 e. The SMILES string of the molecule is CCC(=O)c1nn(C)c(C)c1CCOc1cc(Cl)ccc1-c1ccc2ncc(CCN)n2c1. The van der Waals surface area contributed by atoms with Crippen LogP contribution in [0.4, 0.5) is 0 Å². The average molecular weight is 466 g/mol. The summed E-state index contributed by atoms with van der Waals surface area (Å²) in [4.78, 5) is 16.8. The lowest BCUT2D eigenvalue weighted by atomic mass is 10.1. The van der Waals surface area contributed by atoms with Crippen LogP contribution in [0, 0.1) is 6.92 Å². The molecule has 0 aliphatic carbocycles. The third kappa shape index (κ3) is 4.65. The first-order valence-electron chi connectivity index (χ1n) is 11.1.